The number of halogens is 2. The van der Waals surface area contributed by atoms with Gasteiger partial charge in [0.05, 0.1) is 6.20 Å². The monoisotopic (exact) mass is 295 g/mol. The van der Waals surface area contributed by atoms with Crippen LogP contribution in [0.1, 0.15) is 24.1 Å². The van der Waals surface area contributed by atoms with Crippen LogP contribution in [-0.4, -0.2) is 22.9 Å². The quantitative estimate of drug-likeness (QED) is 0.853. The van der Waals surface area contributed by atoms with Crippen molar-refractivity contribution in [3.05, 3.63) is 47.8 Å². The number of ether oxygens (including phenoxy) is 1. The van der Waals surface area contributed by atoms with E-state index in [1.165, 1.54) is 6.07 Å². The third-order valence-electron chi connectivity index (χ3n) is 3.21. The molecule has 0 amide bonds. The Bertz CT molecular complexity index is 572. The van der Waals surface area contributed by atoms with Gasteiger partial charge in [-0.25, -0.2) is 0 Å². The van der Waals surface area contributed by atoms with Crippen molar-refractivity contribution in [2.75, 3.05) is 6.54 Å². The summed E-state index contributed by atoms with van der Waals surface area (Å²) in [7, 11) is 1.88. The van der Waals surface area contributed by atoms with Crippen LogP contribution in [0.4, 0.5) is 8.78 Å². The highest BCUT2D eigenvalue weighted by atomic mass is 19.3. The Hall–Kier alpha value is -1.95. The highest BCUT2D eigenvalue weighted by Crippen LogP contribution is 2.20. The molecule has 0 bridgehead atoms. The minimum Gasteiger partial charge on any atom is -0.435 e. The summed E-state index contributed by atoms with van der Waals surface area (Å²) in [6, 6.07) is 6.82. The zero-order valence-corrected chi connectivity index (χ0v) is 12.1. The lowest BCUT2D eigenvalue weighted by atomic mass is 10.1. The van der Waals surface area contributed by atoms with E-state index < -0.39 is 6.61 Å². The van der Waals surface area contributed by atoms with Crippen molar-refractivity contribution < 1.29 is 13.5 Å². The molecular formula is C15H19F2N3O. The lowest BCUT2D eigenvalue weighted by molar-refractivity contribution is -0.0499. The topological polar surface area (TPSA) is 39.1 Å². The van der Waals surface area contributed by atoms with Gasteiger partial charge >= 0.3 is 6.61 Å². The molecule has 0 saturated heterocycles. The molecule has 0 aliphatic heterocycles. The number of nitrogens with one attached hydrogen (secondary N) is 1. The highest BCUT2D eigenvalue weighted by Gasteiger charge is 2.09. The van der Waals surface area contributed by atoms with E-state index in [0.29, 0.717) is 0 Å². The average molecular weight is 295 g/mol. The number of benzene rings is 1. The summed E-state index contributed by atoms with van der Waals surface area (Å²) in [6.07, 6.45) is 4.68. The van der Waals surface area contributed by atoms with E-state index in [1.54, 1.807) is 16.8 Å². The van der Waals surface area contributed by atoms with Crippen LogP contribution in [-0.2, 0) is 13.5 Å². The van der Waals surface area contributed by atoms with Gasteiger partial charge in [-0.1, -0.05) is 12.1 Å². The van der Waals surface area contributed by atoms with E-state index in [4.69, 9.17) is 0 Å². The minimum absolute atomic E-state index is 0.0582. The Morgan fingerprint density at radius 3 is 2.86 bits per heavy atom. The first-order chi connectivity index (χ1) is 10.0. The molecule has 0 radical (unpaired) electrons. The molecule has 0 fully saturated rings. The van der Waals surface area contributed by atoms with Crippen molar-refractivity contribution in [3.63, 3.8) is 0 Å². The van der Waals surface area contributed by atoms with Crippen LogP contribution >= 0.6 is 0 Å². The van der Waals surface area contributed by atoms with Crippen LogP contribution in [0, 0.1) is 0 Å². The lowest BCUT2D eigenvalue weighted by Crippen LogP contribution is -2.21. The summed E-state index contributed by atoms with van der Waals surface area (Å²) in [4.78, 5) is 0. The standard InChI is InChI=1S/C15H19F2N3O/c1-11(18-7-6-12-9-19-20(2)10-12)13-4-3-5-14(8-13)21-15(16)17/h3-5,8-11,15,18H,6-7H2,1-2H3. The second kappa shape index (κ2) is 7.17. The number of hydrogen-bond donors (Lipinski definition) is 1. The zero-order chi connectivity index (χ0) is 15.2. The van der Waals surface area contributed by atoms with Crippen LogP contribution in [0.2, 0.25) is 0 Å². The molecule has 2 rings (SSSR count). The molecular weight excluding hydrogens is 276 g/mol. The van der Waals surface area contributed by atoms with E-state index in [0.717, 1.165) is 24.1 Å². The van der Waals surface area contributed by atoms with Crippen LogP contribution in [0.15, 0.2) is 36.7 Å². The Balaban J connectivity index is 1.86. The second-order valence-corrected chi connectivity index (χ2v) is 4.90. The molecule has 2 aromatic rings. The summed E-state index contributed by atoms with van der Waals surface area (Å²) in [5.41, 5.74) is 2.08. The molecule has 1 atom stereocenters. The fraction of sp³-hybridized carbons (Fsp3) is 0.400. The lowest BCUT2D eigenvalue weighted by Gasteiger charge is -2.15. The molecule has 6 heteroatoms. The van der Waals surface area contributed by atoms with Gasteiger partial charge in [-0.05, 0) is 43.1 Å². The molecule has 1 unspecified atom stereocenters. The van der Waals surface area contributed by atoms with Crippen molar-refractivity contribution in [2.45, 2.75) is 26.0 Å². The number of nitrogens with zero attached hydrogens (tertiary/aromatic N) is 2. The maximum atomic E-state index is 12.2. The molecule has 1 heterocycles. The van der Waals surface area contributed by atoms with E-state index in [2.05, 4.69) is 15.2 Å². The SMILES string of the molecule is CC(NCCc1cnn(C)c1)c1cccc(OC(F)F)c1. The van der Waals surface area contributed by atoms with Crippen molar-refractivity contribution >= 4 is 0 Å². The van der Waals surface area contributed by atoms with E-state index in [1.807, 2.05) is 32.4 Å². The Morgan fingerprint density at radius 2 is 2.19 bits per heavy atom. The first-order valence-corrected chi connectivity index (χ1v) is 6.80. The molecule has 0 saturated carbocycles. The number of hydrogen-bond acceptors (Lipinski definition) is 3. The van der Waals surface area contributed by atoms with E-state index in [9.17, 15) is 8.78 Å². The molecule has 21 heavy (non-hydrogen) atoms. The Labute approximate surface area is 122 Å². The van der Waals surface area contributed by atoms with Gasteiger partial charge in [0.25, 0.3) is 0 Å². The summed E-state index contributed by atoms with van der Waals surface area (Å²) in [5.74, 6) is 0.184. The summed E-state index contributed by atoms with van der Waals surface area (Å²) < 4.78 is 30.6. The predicted octanol–water partition coefficient (Wildman–Crippen LogP) is 2.91. The maximum absolute atomic E-state index is 12.2. The van der Waals surface area contributed by atoms with Gasteiger partial charge in [0.15, 0.2) is 0 Å². The predicted molar refractivity (Wildman–Crippen MR) is 76.4 cm³/mol. The number of alkyl halides is 2. The Kier molecular flexibility index (Phi) is 5.27. The van der Waals surface area contributed by atoms with Crippen LogP contribution < -0.4 is 10.1 Å². The third kappa shape index (κ3) is 4.82. The van der Waals surface area contributed by atoms with Crippen LogP contribution in [0.3, 0.4) is 0 Å². The number of aromatic nitrogens is 2. The van der Waals surface area contributed by atoms with Gasteiger partial charge in [-0.3, -0.25) is 4.68 Å². The van der Waals surface area contributed by atoms with E-state index in [-0.39, 0.29) is 11.8 Å². The third-order valence-corrected chi connectivity index (χ3v) is 3.21. The molecule has 114 valence electrons. The largest absolute Gasteiger partial charge is 0.435 e. The molecule has 0 aliphatic rings. The normalized spacial score (nSPS) is 12.6. The first-order valence-electron chi connectivity index (χ1n) is 6.80. The van der Waals surface area contributed by atoms with E-state index >= 15 is 0 Å². The first kappa shape index (κ1) is 15.4. The average Bonchev–Trinajstić information content (AvgIpc) is 2.84. The van der Waals surface area contributed by atoms with Crippen molar-refractivity contribution in [1.82, 2.24) is 15.1 Å². The van der Waals surface area contributed by atoms with Crippen molar-refractivity contribution in [1.29, 1.82) is 0 Å². The van der Waals surface area contributed by atoms with Crippen LogP contribution in [0.5, 0.6) is 5.75 Å². The Morgan fingerprint density at radius 1 is 1.38 bits per heavy atom. The second-order valence-electron chi connectivity index (χ2n) is 4.90. The van der Waals surface area contributed by atoms with Crippen molar-refractivity contribution in [3.8, 4) is 5.75 Å². The molecule has 1 aromatic heterocycles. The minimum atomic E-state index is -2.80. The fourth-order valence-corrected chi connectivity index (χ4v) is 2.11. The van der Waals surface area contributed by atoms with Gasteiger partial charge in [0.1, 0.15) is 5.75 Å². The van der Waals surface area contributed by atoms with Crippen molar-refractivity contribution in [2.24, 2.45) is 7.05 Å². The number of rotatable bonds is 7. The molecule has 0 spiro atoms. The molecule has 4 nitrogen and oxygen atoms in total. The zero-order valence-electron chi connectivity index (χ0n) is 12.1. The highest BCUT2D eigenvalue weighted by molar-refractivity contribution is 5.30. The molecule has 1 aromatic carbocycles. The summed E-state index contributed by atoms with van der Waals surface area (Å²) in [6.45, 7) is -0.0218. The van der Waals surface area contributed by atoms with Crippen LogP contribution in [0.25, 0.3) is 0 Å². The summed E-state index contributed by atoms with van der Waals surface area (Å²) >= 11 is 0. The summed E-state index contributed by atoms with van der Waals surface area (Å²) in [5, 5.41) is 7.47. The fourth-order valence-electron chi connectivity index (χ4n) is 2.11. The van der Waals surface area contributed by atoms with Gasteiger partial charge in [0.2, 0.25) is 0 Å². The smallest absolute Gasteiger partial charge is 0.387 e. The molecule has 1 N–H and O–H groups in total. The number of aryl methyl sites for hydroxylation is 1. The van der Waals surface area contributed by atoms with Gasteiger partial charge < -0.3 is 10.1 Å². The molecule has 0 aliphatic carbocycles. The maximum Gasteiger partial charge on any atom is 0.387 e. The van der Waals surface area contributed by atoms with Gasteiger partial charge in [0, 0.05) is 19.3 Å². The van der Waals surface area contributed by atoms with Gasteiger partial charge in [-0.15, -0.1) is 0 Å². The van der Waals surface area contributed by atoms with Gasteiger partial charge in [-0.2, -0.15) is 13.9 Å².